The predicted octanol–water partition coefficient (Wildman–Crippen LogP) is 4.33. The first-order chi connectivity index (χ1) is 9.47. The zero-order chi connectivity index (χ0) is 14.9. The first kappa shape index (κ1) is 15.1. The fourth-order valence-corrected chi connectivity index (χ4v) is 2.72. The number of fused-ring (bicyclic) bond motifs is 1. The van der Waals surface area contributed by atoms with Crippen LogP contribution in [0, 0.1) is 0 Å². The molecule has 108 valence electrons. The van der Waals surface area contributed by atoms with Gasteiger partial charge in [0.15, 0.2) is 0 Å². The van der Waals surface area contributed by atoms with E-state index in [0.29, 0.717) is 21.1 Å². The molecule has 2 rings (SSSR count). The van der Waals surface area contributed by atoms with Crippen molar-refractivity contribution >= 4 is 40.2 Å². The molecule has 1 aromatic heterocycles. The lowest BCUT2D eigenvalue weighted by Gasteiger charge is -2.14. The van der Waals surface area contributed by atoms with Crippen LogP contribution in [0.15, 0.2) is 12.1 Å². The number of carbonyl (C=O) groups is 1. The van der Waals surface area contributed by atoms with Crippen molar-refractivity contribution in [3.8, 4) is 0 Å². The Balaban J connectivity index is 2.69. The average molecular weight is 315 g/mol. The normalized spacial score (nSPS) is 11.4. The van der Waals surface area contributed by atoms with Gasteiger partial charge in [-0.3, -0.25) is 4.79 Å². The maximum absolute atomic E-state index is 11.1. The monoisotopic (exact) mass is 314 g/mol. The summed E-state index contributed by atoms with van der Waals surface area (Å²) in [6.07, 6.45) is 1.81. The van der Waals surface area contributed by atoms with E-state index in [-0.39, 0.29) is 12.5 Å². The molecule has 0 aliphatic carbocycles. The summed E-state index contributed by atoms with van der Waals surface area (Å²) in [5.41, 5.74) is 1.39. The number of hydrogen-bond acceptors (Lipinski definition) is 2. The van der Waals surface area contributed by atoms with E-state index < -0.39 is 5.97 Å². The highest BCUT2D eigenvalue weighted by molar-refractivity contribution is 6.42. The van der Waals surface area contributed by atoms with Gasteiger partial charge in [-0.25, -0.2) is 4.98 Å². The van der Waals surface area contributed by atoms with Gasteiger partial charge in [0.25, 0.3) is 0 Å². The summed E-state index contributed by atoms with van der Waals surface area (Å²) in [5, 5.41) is 9.94. The van der Waals surface area contributed by atoms with Crippen LogP contribution in [-0.2, 0) is 11.3 Å². The molecule has 1 N–H and O–H groups in total. The largest absolute Gasteiger partial charge is 0.480 e. The standard InChI is InChI=1S/C14H16Cl2N2O2/c1-3-8(4-2)14-17-11-5-9(15)10(16)6-12(11)18(14)7-13(19)20/h5-6,8H,3-4,7H2,1-2H3,(H,19,20). The molecule has 1 aromatic carbocycles. The van der Waals surface area contributed by atoms with Crippen molar-refractivity contribution in [3.63, 3.8) is 0 Å². The smallest absolute Gasteiger partial charge is 0.323 e. The quantitative estimate of drug-likeness (QED) is 0.893. The highest BCUT2D eigenvalue weighted by Crippen LogP contribution is 2.31. The topological polar surface area (TPSA) is 55.1 Å². The number of imidazole rings is 1. The van der Waals surface area contributed by atoms with Crippen molar-refractivity contribution in [3.05, 3.63) is 28.0 Å². The van der Waals surface area contributed by atoms with Crippen LogP contribution in [0.1, 0.15) is 38.4 Å². The number of carboxylic acids is 1. The Morgan fingerprint density at radius 1 is 1.30 bits per heavy atom. The van der Waals surface area contributed by atoms with Gasteiger partial charge in [0.2, 0.25) is 0 Å². The molecule has 2 aromatic rings. The molecule has 4 nitrogen and oxygen atoms in total. The molecular weight excluding hydrogens is 299 g/mol. The molecule has 0 bridgehead atoms. The van der Waals surface area contributed by atoms with E-state index in [1.807, 2.05) is 0 Å². The number of rotatable bonds is 5. The summed E-state index contributed by atoms with van der Waals surface area (Å²) < 4.78 is 1.72. The summed E-state index contributed by atoms with van der Waals surface area (Å²) in [7, 11) is 0. The third kappa shape index (κ3) is 2.76. The number of nitrogens with zero attached hydrogens (tertiary/aromatic N) is 2. The van der Waals surface area contributed by atoms with Crippen LogP contribution in [0.25, 0.3) is 11.0 Å². The molecule has 0 spiro atoms. The van der Waals surface area contributed by atoms with Gasteiger partial charge in [0, 0.05) is 5.92 Å². The number of halogens is 2. The zero-order valence-corrected chi connectivity index (χ0v) is 12.9. The Morgan fingerprint density at radius 2 is 1.90 bits per heavy atom. The van der Waals surface area contributed by atoms with Crippen LogP contribution in [-0.4, -0.2) is 20.6 Å². The van der Waals surface area contributed by atoms with Crippen LogP contribution >= 0.6 is 23.2 Å². The third-order valence-electron chi connectivity index (χ3n) is 3.46. The molecule has 0 saturated heterocycles. The van der Waals surface area contributed by atoms with Gasteiger partial charge in [-0.1, -0.05) is 37.0 Å². The Hall–Kier alpha value is -1.26. The molecule has 0 amide bonds. The number of carboxylic acid groups (broad SMARTS) is 1. The lowest BCUT2D eigenvalue weighted by Crippen LogP contribution is -2.14. The van der Waals surface area contributed by atoms with Crippen LogP contribution < -0.4 is 0 Å². The summed E-state index contributed by atoms with van der Waals surface area (Å²) in [6.45, 7) is 4.01. The predicted molar refractivity (Wildman–Crippen MR) is 80.7 cm³/mol. The molecular formula is C14H16Cl2N2O2. The maximum Gasteiger partial charge on any atom is 0.323 e. The van der Waals surface area contributed by atoms with E-state index in [0.717, 1.165) is 18.7 Å². The molecule has 0 saturated carbocycles. The average Bonchev–Trinajstić information content (AvgIpc) is 2.70. The molecule has 0 atom stereocenters. The van der Waals surface area contributed by atoms with Crippen LogP contribution in [0.3, 0.4) is 0 Å². The lowest BCUT2D eigenvalue weighted by molar-refractivity contribution is -0.137. The Bertz CT molecular complexity index is 648. The van der Waals surface area contributed by atoms with Gasteiger partial charge in [0.05, 0.1) is 21.1 Å². The molecule has 1 heterocycles. The van der Waals surface area contributed by atoms with Crippen LogP contribution in [0.5, 0.6) is 0 Å². The second kappa shape index (κ2) is 6.02. The minimum atomic E-state index is -0.900. The second-order valence-corrected chi connectivity index (χ2v) is 5.53. The second-order valence-electron chi connectivity index (χ2n) is 4.72. The molecule has 6 heteroatoms. The Labute approximate surface area is 127 Å². The fraction of sp³-hybridized carbons (Fsp3) is 0.429. The van der Waals surface area contributed by atoms with Crippen LogP contribution in [0.4, 0.5) is 0 Å². The molecule has 0 radical (unpaired) electrons. The first-order valence-electron chi connectivity index (χ1n) is 6.54. The van der Waals surface area contributed by atoms with Crippen molar-refractivity contribution in [2.45, 2.75) is 39.2 Å². The van der Waals surface area contributed by atoms with E-state index in [1.54, 1.807) is 16.7 Å². The van der Waals surface area contributed by atoms with Gasteiger partial charge in [-0.15, -0.1) is 0 Å². The molecule has 0 aliphatic rings. The van der Waals surface area contributed by atoms with Crippen molar-refractivity contribution in [2.75, 3.05) is 0 Å². The van der Waals surface area contributed by atoms with Crippen LogP contribution in [0.2, 0.25) is 10.0 Å². The Morgan fingerprint density at radius 3 is 2.45 bits per heavy atom. The molecule has 0 fully saturated rings. The number of aromatic nitrogens is 2. The van der Waals surface area contributed by atoms with Gasteiger partial charge >= 0.3 is 5.97 Å². The minimum absolute atomic E-state index is 0.125. The van der Waals surface area contributed by atoms with Crippen molar-refractivity contribution in [1.82, 2.24) is 9.55 Å². The van der Waals surface area contributed by atoms with E-state index in [2.05, 4.69) is 18.8 Å². The van der Waals surface area contributed by atoms with E-state index in [9.17, 15) is 4.79 Å². The van der Waals surface area contributed by atoms with E-state index in [4.69, 9.17) is 28.3 Å². The highest BCUT2D eigenvalue weighted by atomic mass is 35.5. The van der Waals surface area contributed by atoms with Crippen molar-refractivity contribution in [1.29, 1.82) is 0 Å². The molecule has 20 heavy (non-hydrogen) atoms. The van der Waals surface area contributed by atoms with E-state index >= 15 is 0 Å². The fourth-order valence-electron chi connectivity index (χ4n) is 2.41. The number of benzene rings is 1. The minimum Gasteiger partial charge on any atom is -0.480 e. The summed E-state index contributed by atoms with van der Waals surface area (Å²) in [4.78, 5) is 15.7. The third-order valence-corrected chi connectivity index (χ3v) is 4.19. The number of hydrogen-bond donors (Lipinski definition) is 1. The number of aliphatic carboxylic acids is 1. The summed E-state index contributed by atoms with van der Waals surface area (Å²) in [5.74, 6) is 0.104. The summed E-state index contributed by atoms with van der Waals surface area (Å²) in [6, 6.07) is 3.37. The van der Waals surface area contributed by atoms with E-state index in [1.165, 1.54) is 0 Å². The SMILES string of the molecule is CCC(CC)c1nc2cc(Cl)c(Cl)cc2n1CC(=O)O. The first-order valence-corrected chi connectivity index (χ1v) is 7.30. The lowest BCUT2D eigenvalue weighted by atomic mass is 10.0. The molecule has 0 aliphatic heterocycles. The van der Waals surface area contributed by atoms with Gasteiger partial charge in [0.1, 0.15) is 12.4 Å². The van der Waals surface area contributed by atoms with Gasteiger partial charge in [-0.2, -0.15) is 0 Å². The summed E-state index contributed by atoms with van der Waals surface area (Å²) >= 11 is 12.0. The maximum atomic E-state index is 11.1. The Kier molecular flexibility index (Phi) is 4.55. The van der Waals surface area contributed by atoms with Gasteiger partial charge in [-0.05, 0) is 25.0 Å². The van der Waals surface area contributed by atoms with Crippen molar-refractivity contribution < 1.29 is 9.90 Å². The molecule has 0 unspecified atom stereocenters. The zero-order valence-electron chi connectivity index (χ0n) is 11.4. The van der Waals surface area contributed by atoms with Crippen molar-refractivity contribution in [2.24, 2.45) is 0 Å². The van der Waals surface area contributed by atoms with Gasteiger partial charge < -0.3 is 9.67 Å². The highest BCUT2D eigenvalue weighted by Gasteiger charge is 2.20.